The second-order valence-electron chi connectivity index (χ2n) is 4.16. The van der Waals surface area contributed by atoms with Gasteiger partial charge >= 0.3 is 0 Å². The fourth-order valence-corrected chi connectivity index (χ4v) is 1.85. The fraction of sp³-hybridized carbons (Fsp3) is 1.00. The minimum Gasteiger partial charge on any atom is -0.396 e. The van der Waals surface area contributed by atoms with Crippen LogP contribution in [0.2, 0.25) is 0 Å². The van der Waals surface area contributed by atoms with E-state index in [1.807, 2.05) is 0 Å². The minimum absolute atomic E-state index is 0.292. The van der Waals surface area contributed by atoms with Crippen LogP contribution in [0.25, 0.3) is 0 Å². The molecule has 0 saturated carbocycles. The lowest BCUT2D eigenvalue weighted by molar-refractivity contribution is 0.212. The zero-order valence-corrected chi connectivity index (χ0v) is 8.79. The van der Waals surface area contributed by atoms with E-state index < -0.39 is 0 Å². The summed E-state index contributed by atoms with van der Waals surface area (Å²) in [7, 11) is 2.17. The first-order valence-corrected chi connectivity index (χ1v) is 5.28. The molecular weight excluding hydrogens is 164 g/mol. The molecule has 1 rings (SSSR count). The van der Waals surface area contributed by atoms with E-state index in [-0.39, 0.29) is 0 Å². The van der Waals surface area contributed by atoms with Gasteiger partial charge in [0.05, 0.1) is 0 Å². The molecule has 1 fully saturated rings. The topological polar surface area (TPSA) is 35.5 Å². The second-order valence-corrected chi connectivity index (χ2v) is 4.16. The van der Waals surface area contributed by atoms with Crippen molar-refractivity contribution in [2.24, 2.45) is 0 Å². The molecular formula is C10H22N2O. The molecule has 0 aromatic rings. The van der Waals surface area contributed by atoms with Crippen molar-refractivity contribution in [1.82, 2.24) is 10.2 Å². The van der Waals surface area contributed by atoms with Gasteiger partial charge in [0.15, 0.2) is 0 Å². The van der Waals surface area contributed by atoms with Gasteiger partial charge in [0, 0.05) is 18.7 Å². The molecule has 1 heterocycles. The Balaban J connectivity index is 2.14. The van der Waals surface area contributed by atoms with Gasteiger partial charge in [-0.05, 0) is 46.3 Å². The molecule has 1 aliphatic rings. The van der Waals surface area contributed by atoms with Gasteiger partial charge in [-0.1, -0.05) is 0 Å². The maximum atomic E-state index is 8.76. The summed E-state index contributed by atoms with van der Waals surface area (Å²) in [5, 5.41) is 12.3. The Labute approximate surface area is 81.1 Å². The van der Waals surface area contributed by atoms with E-state index in [2.05, 4.69) is 24.2 Å². The van der Waals surface area contributed by atoms with Crippen molar-refractivity contribution in [1.29, 1.82) is 0 Å². The van der Waals surface area contributed by atoms with Gasteiger partial charge in [0.25, 0.3) is 0 Å². The summed E-state index contributed by atoms with van der Waals surface area (Å²) in [4.78, 5) is 2.37. The molecule has 0 radical (unpaired) electrons. The molecule has 3 heteroatoms. The first-order valence-electron chi connectivity index (χ1n) is 5.28. The van der Waals surface area contributed by atoms with Crippen LogP contribution in [0, 0.1) is 0 Å². The Morgan fingerprint density at radius 3 is 2.62 bits per heavy atom. The number of nitrogens with one attached hydrogen (secondary N) is 1. The summed E-state index contributed by atoms with van der Waals surface area (Å²) in [5.74, 6) is 0. The maximum absolute atomic E-state index is 8.76. The van der Waals surface area contributed by atoms with Crippen LogP contribution in [0.3, 0.4) is 0 Å². The van der Waals surface area contributed by atoms with Gasteiger partial charge in [0.2, 0.25) is 0 Å². The minimum atomic E-state index is 0.292. The van der Waals surface area contributed by atoms with Crippen LogP contribution in [0.15, 0.2) is 0 Å². The van der Waals surface area contributed by atoms with Crippen LogP contribution in [0.5, 0.6) is 0 Å². The van der Waals surface area contributed by atoms with Gasteiger partial charge in [-0.25, -0.2) is 0 Å². The van der Waals surface area contributed by atoms with Crippen LogP contribution in [0.1, 0.15) is 26.2 Å². The highest BCUT2D eigenvalue weighted by Gasteiger charge is 2.17. The molecule has 0 aliphatic carbocycles. The van der Waals surface area contributed by atoms with Crippen LogP contribution in [-0.4, -0.2) is 48.8 Å². The standard InChI is InChI=1S/C10H22N2O/c1-9(5-8-13)11-10-3-6-12(2)7-4-10/h9-11,13H,3-8H2,1-2H3/t9-/m1/s1. The van der Waals surface area contributed by atoms with E-state index in [1.54, 1.807) is 0 Å². The summed E-state index contributed by atoms with van der Waals surface area (Å²) >= 11 is 0. The number of aliphatic hydroxyl groups excluding tert-OH is 1. The normalized spacial score (nSPS) is 23.3. The summed E-state index contributed by atoms with van der Waals surface area (Å²) in [6.07, 6.45) is 3.35. The van der Waals surface area contributed by atoms with Crippen LogP contribution < -0.4 is 5.32 Å². The molecule has 0 unspecified atom stereocenters. The van der Waals surface area contributed by atoms with Gasteiger partial charge in [-0.2, -0.15) is 0 Å². The summed E-state index contributed by atoms with van der Waals surface area (Å²) < 4.78 is 0. The summed E-state index contributed by atoms with van der Waals surface area (Å²) in [5.41, 5.74) is 0. The zero-order chi connectivity index (χ0) is 9.68. The van der Waals surface area contributed by atoms with Gasteiger partial charge < -0.3 is 15.3 Å². The molecule has 0 bridgehead atoms. The Hall–Kier alpha value is -0.120. The zero-order valence-electron chi connectivity index (χ0n) is 8.79. The molecule has 0 aromatic carbocycles. The molecule has 1 aliphatic heterocycles. The third kappa shape index (κ3) is 4.07. The van der Waals surface area contributed by atoms with Crippen molar-refractivity contribution in [2.45, 2.75) is 38.3 Å². The van der Waals surface area contributed by atoms with Crippen LogP contribution >= 0.6 is 0 Å². The van der Waals surface area contributed by atoms with E-state index in [1.165, 1.54) is 25.9 Å². The third-order valence-electron chi connectivity index (χ3n) is 2.80. The number of likely N-dealkylation sites (tertiary alicyclic amines) is 1. The predicted molar refractivity (Wildman–Crippen MR) is 54.8 cm³/mol. The summed E-state index contributed by atoms with van der Waals surface area (Å²) in [6, 6.07) is 1.12. The lowest BCUT2D eigenvalue weighted by Gasteiger charge is -2.31. The van der Waals surface area contributed by atoms with Gasteiger partial charge in [-0.15, -0.1) is 0 Å². The molecule has 0 aromatic heterocycles. The van der Waals surface area contributed by atoms with E-state index in [0.29, 0.717) is 18.7 Å². The average Bonchev–Trinajstić information content (AvgIpc) is 2.09. The van der Waals surface area contributed by atoms with Crippen molar-refractivity contribution >= 4 is 0 Å². The molecule has 0 amide bonds. The quantitative estimate of drug-likeness (QED) is 0.669. The lowest BCUT2D eigenvalue weighted by atomic mass is 10.0. The molecule has 1 atom stereocenters. The molecule has 1 saturated heterocycles. The smallest absolute Gasteiger partial charge is 0.0445 e. The summed E-state index contributed by atoms with van der Waals surface area (Å²) in [6.45, 7) is 4.84. The molecule has 3 nitrogen and oxygen atoms in total. The van der Waals surface area contributed by atoms with Crippen LogP contribution in [0.4, 0.5) is 0 Å². The predicted octanol–water partition coefficient (Wildman–Crippen LogP) is 0.441. The number of hydrogen-bond donors (Lipinski definition) is 2. The van der Waals surface area contributed by atoms with E-state index >= 15 is 0 Å². The Morgan fingerprint density at radius 2 is 2.08 bits per heavy atom. The highest BCUT2D eigenvalue weighted by atomic mass is 16.3. The monoisotopic (exact) mass is 186 g/mol. The highest BCUT2D eigenvalue weighted by Crippen LogP contribution is 2.09. The Morgan fingerprint density at radius 1 is 1.46 bits per heavy atom. The van der Waals surface area contributed by atoms with Crippen molar-refractivity contribution in [3.63, 3.8) is 0 Å². The number of nitrogens with zero attached hydrogens (tertiary/aromatic N) is 1. The molecule has 13 heavy (non-hydrogen) atoms. The van der Waals surface area contributed by atoms with E-state index in [4.69, 9.17) is 5.11 Å². The van der Waals surface area contributed by atoms with Crippen LogP contribution in [-0.2, 0) is 0 Å². The molecule has 0 spiro atoms. The largest absolute Gasteiger partial charge is 0.396 e. The highest BCUT2D eigenvalue weighted by molar-refractivity contribution is 4.77. The number of piperidine rings is 1. The Kier molecular flexibility index (Phi) is 4.70. The number of aliphatic hydroxyl groups is 1. The first-order chi connectivity index (χ1) is 6.22. The van der Waals surface area contributed by atoms with E-state index in [0.717, 1.165) is 6.42 Å². The van der Waals surface area contributed by atoms with E-state index in [9.17, 15) is 0 Å². The number of rotatable bonds is 4. The maximum Gasteiger partial charge on any atom is 0.0445 e. The van der Waals surface area contributed by atoms with Crippen molar-refractivity contribution in [3.05, 3.63) is 0 Å². The van der Waals surface area contributed by atoms with Gasteiger partial charge in [-0.3, -0.25) is 0 Å². The molecule has 78 valence electrons. The second kappa shape index (κ2) is 5.58. The first kappa shape index (κ1) is 11.0. The SMILES string of the molecule is C[C@H](CCO)NC1CCN(C)CC1. The fourth-order valence-electron chi connectivity index (χ4n) is 1.85. The lowest BCUT2D eigenvalue weighted by Crippen LogP contribution is -2.44. The Bertz CT molecular complexity index is 133. The molecule has 2 N–H and O–H groups in total. The van der Waals surface area contributed by atoms with Crippen molar-refractivity contribution in [2.75, 3.05) is 26.7 Å². The third-order valence-corrected chi connectivity index (χ3v) is 2.80. The van der Waals surface area contributed by atoms with Crippen molar-refractivity contribution in [3.8, 4) is 0 Å². The van der Waals surface area contributed by atoms with Gasteiger partial charge in [0.1, 0.15) is 0 Å². The van der Waals surface area contributed by atoms with Crippen molar-refractivity contribution < 1.29 is 5.11 Å². The average molecular weight is 186 g/mol. The number of hydrogen-bond acceptors (Lipinski definition) is 3.